The van der Waals surface area contributed by atoms with Crippen LogP contribution in [-0.4, -0.2) is 36.4 Å². The van der Waals surface area contributed by atoms with Crippen molar-refractivity contribution in [1.82, 2.24) is 29.9 Å². The summed E-state index contributed by atoms with van der Waals surface area (Å²) in [5.41, 5.74) is 0.715. The standard InChI is InChI=1S/C17H17FN6O/c18-13-5-3-12(4-6-13)17-22-20-15(25-17)10-23-7-8-24-14(9-23)19-21-16(24)11-1-2-11/h3-6,11H,1-2,7-10H2. The van der Waals surface area contributed by atoms with Crippen LogP contribution >= 0.6 is 0 Å². The smallest absolute Gasteiger partial charge is 0.247 e. The van der Waals surface area contributed by atoms with Gasteiger partial charge in [-0.3, -0.25) is 4.90 Å². The summed E-state index contributed by atoms with van der Waals surface area (Å²) in [5, 5.41) is 16.9. The Kier molecular flexibility index (Phi) is 3.37. The molecule has 1 fully saturated rings. The minimum atomic E-state index is -0.286. The molecule has 0 unspecified atom stereocenters. The van der Waals surface area contributed by atoms with Gasteiger partial charge in [-0.05, 0) is 37.1 Å². The van der Waals surface area contributed by atoms with Gasteiger partial charge in [0.15, 0.2) is 0 Å². The average molecular weight is 340 g/mol. The van der Waals surface area contributed by atoms with Crippen LogP contribution in [0.15, 0.2) is 28.7 Å². The summed E-state index contributed by atoms with van der Waals surface area (Å²) in [5.74, 6) is 3.44. The normalized spacial score (nSPS) is 17.6. The number of halogens is 1. The lowest BCUT2D eigenvalue weighted by molar-refractivity contribution is 0.189. The third-order valence-corrected chi connectivity index (χ3v) is 4.72. The highest BCUT2D eigenvalue weighted by Gasteiger charge is 2.32. The highest BCUT2D eigenvalue weighted by atomic mass is 19.1. The summed E-state index contributed by atoms with van der Waals surface area (Å²) < 4.78 is 21.0. The molecular formula is C17H17FN6O. The summed E-state index contributed by atoms with van der Waals surface area (Å²) in [7, 11) is 0. The van der Waals surface area contributed by atoms with Crippen LogP contribution in [0.1, 0.15) is 36.3 Å². The highest BCUT2D eigenvalue weighted by molar-refractivity contribution is 5.51. The van der Waals surface area contributed by atoms with Crippen LogP contribution in [0, 0.1) is 5.82 Å². The van der Waals surface area contributed by atoms with Gasteiger partial charge in [0.1, 0.15) is 17.5 Å². The Morgan fingerprint density at radius 3 is 2.68 bits per heavy atom. The zero-order valence-electron chi connectivity index (χ0n) is 13.6. The van der Waals surface area contributed by atoms with E-state index in [0.717, 1.165) is 31.3 Å². The maximum atomic E-state index is 13.0. The summed E-state index contributed by atoms with van der Waals surface area (Å²) in [4.78, 5) is 2.22. The predicted octanol–water partition coefficient (Wildman–Crippen LogP) is 2.36. The van der Waals surface area contributed by atoms with E-state index in [1.54, 1.807) is 12.1 Å². The Bertz CT molecular complexity index is 898. The molecule has 25 heavy (non-hydrogen) atoms. The molecule has 0 radical (unpaired) electrons. The molecule has 3 aromatic rings. The molecule has 1 aromatic carbocycles. The van der Waals surface area contributed by atoms with Gasteiger partial charge in [-0.15, -0.1) is 20.4 Å². The largest absolute Gasteiger partial charge is 0.419 e. The molecule has 3 heterocycles. The molecule has 5 rings (SSSR count). The third kappa shape index (κ3) is 2.82. The second-order valence-electron chi connectivity index (χ2n) is 6.62. The van der Waals surface area contributed by atoms with Crippen molar-refractivity contribution in [2.45, 2.75) is 38.4 Å². The predicted molar refractivity (Wildman–Crippen MR) is 85.8 cm³/mol. The second-order valence-corrected chi connectivity index (χ2v) is 6.62. The van der Waals surface area contributed by atoms with Gasteiger partial charge in [0.25, 0.3) is 0 Å². The van der Waals surface area contributed by atoms with Crippen LogP contribution in [0.2, 0.25) is 0 Å². The lowest BCUT2D eigenvalue weighted by atomic mass is 10.2. The minimum absolute atomic E-state index is 0.286. The molecule has 1 saturated carbocycles. The van der Waals surface area contributed by atoms with Crippen LogP contribution in [-0.2, 0) is 19.6 Å². The quantitative estimate of drug-likeness (QED) is 0.726. The molecule has 2 aliphatic rings. The molecule has 2 aromatic heterocycles. The van der Waals surface area contributed by atoms with Crippen LogP contribution in [0.3, 0.4) is 0 Å². The van der Waals surface area contributed by atoms with Crippen molar-refractivity contribution < 1.29 is 8.81 Å². The van der Waals surface area contributed by atoms with Gasteiger partial charge >= 0.3 is 0 Å². The van der Waals surface area contributed by atoms with Crippen molar-refractivity contribution in [3.63, 3.8) is 0 Å². The number of fused-ring (bicyclic) bond motifs is 1. The Balaban J connectivity index is 1.29. The average Bonchev–Trinajstić information content (AvgIpc) is 3.21. The van der Waals surface area contributed by atoms with E-state index in [1.165, 1.54) is 25.0 Å². The van der Waals surface area contributed by atoms with Crippen molar-refractivity contribution in [2.75, 3.05) is 6.54 Å². The fourth-order valence-corrected chi connectivity index (χ4v) is 3.23. The van der Waals surface area contributed by atoms with E-state index in [9.17, 15) is 4.39 Å². The fourth-order valence-electron chi connectivity index (χ4n) is 3.23. The van der Waals surface area contributed by atoms with Crippen LogP contribution < -0.4 is 0 Å². The van der Waals surface area contributed by atoms with Crippen molar-refractivity contribution in [3.8, 4) is 11.5 Å². The topological polar surface area (TPSA) is 72.9 Å². The Morgan fingerprint density at radius 2 is 1.88 bits per heavy atom. The summed E-state index contributed by atoms with van der Waals surface area (Å²) in [6.07, 6.45) is 2.46. The van der Waals surface area contributed by atoms with Gasteiger partial charge in [-0.2, -0.15) is 0 Å². The SMILES string of the molecule is Fc1ccc(-c2nnc(CN3CCn4c(nnc4C4CC4)C3)o2)cc1. The van der Waals surface area contributed by atoms with E-state index >= 15 is 0 Å². The summed E-state index contributed by atoms with van der Waals surface area (Å²) in [6.45, 7) is 3.10. The van der Waals surface area contributed by atoms with E-state index in [4.69, 9.17) is 4.42 Å². The maximum absolute atomic E-state index is 13.0. The molecular weight excluding hydrogens is 323 g/mol. The van der Waals surface area contributed by atoms with Crippen molar-refractivity contribution in [1.29, 1.82) is 0 Å². The second kappa shape index (κ2) is 5.73. The minimum Gasteiger partial charge on any atom is -0.419 e. The zero-order valence-corrected chi connectivity index (χ0v) is 13.6. The highest BCUT2D eigenvalue weighted by Crippen LogP contribution is 2.39. The fraction of sp³-hybridized carbons (Fsp3) is 0.412. The first-order valence-corrected chi connectivity index (χ1v) is 8.49. The number of aromatic nitrogens is 5. The van der Waals surface area contributed by atoms with Crippen molar-refractivity contribution >= 4 is 0 Å². The lowest BCUT2D eigenvalue weighted by Crippen LogP contribution is -2.34. The maximum Gasteiger partial charge on any atom is 0.247 e. The van der Waals surface area contributed by atoms with Crippen molar-refractivity contribution in [2.24, 2.45) is 0 Å². The first kappa shape index (κ1) is 14.7. The van der Waals surface area contributed by atoms with E-state index < -0.39 is 0 Å². The van der Waals surface area contributed by atoms with E-state index in [2.05, 4.69) is 29.9 Å². The summed E-state index contributed by atoms with van der Waals surface area (Å²) in [6, 6.07) is 6.03. The van der Waals surface area contributed by atoms with Gasteiger partial charge in [-0.1, -0.05) is 0 Å². The molecule has 0 bridgehead atoms. The Morgan fingerprint density at radius 1 is 1.04 bits per heavy atom. The van der Waals surface area contributed by atoms with Gasteiger partial charge in [0.2, 0.25) is 11.8 Å². The zero-order chi connectivity index (χ0) is 16.8. The van der Waals surface area contributed by atoms with Crippen molar-refractivity contribution in [3.05, 3.63) is 47.6 Å². The van der Waals surface area contributed by atoms with Gasteiger partial charge in [0, 0.05) is 24.6 Å². The van der Waals surface area contributed by atoms with E-state index in [0.29, 0.717) is 29.8 Å². The number of hydrogen-bond donors (Lipinski definition) is 0. The Hall–Kier alpha value is -2.61. The molecule has 1 aliphatic heterocycles. The van der Waals surface area contributed by atoms with Crippen LogP contribution in [0.25, 0.3) is 11.5 Å². The molecule has 8 heteroatoms. The Labute approximate surface area is 143 Å². The third-order valence-electron chi connectivity index (χ3n) is 4.72. The van der Waals surface area contributed by atoms with E-state index in [-0.39, 0.29) is 5.82 Å². The number of nitrogens with zero attached hydrogens (tertiary/aromatic N) is 6. The molecule has 1 aliphatic carbocycles. The molecule has 128 valence electrons. The lowest BCUT2D eigenvalue weighted by Gasteiger charge is -2.26. The first-order valence-electron chi connectivity index (χ1n) is 8.49. The first-order chi connectivity index (χ1) is 12.3. The van der Waals surface area contributed by atoms with Crippen LogP contribution in [0.5, 0.6) is 0 Å². The summed E-state index contributed by atoms with van der Waals surface area (Å²) >= 11 is 0. The molecule has 0 spiro atoms. The molecule has 0 N–H and O–H groups in total. The molecule has 0 amide bonds. The number of benzene rings is 1. The molecule has 0 saturated heterocycles. The number of hydrogen-bond acceptors (Lipinski definition) is 6. The molecule has 7 nitrogen and oxygen atoms in total. The van der Waals surface area contributed by atoms with E-state index in [1.807, 2.05) is 0 Å². The van der Waals surface area contributed by atoms with Gasteiger partial charge in [0.05, 0.1) is 13.1 Å². The number of rotatable bonds is 4. The molecule has 0 atom stereocenters. The van der Waals surface area contributed by atoms with Crippen LogP contribution in [0.4, 0.5) is 4.39 Å². The monoisotopic (exact) mass is 340 g/mol. The van der Waals surface area contributed by atoms with Gasteiger partial charge in [-0.25, -0.2) is 4.39 Å². The van der Waals surface area contributed by atoms with Gasteiger partial charge < -0.3 is 8.98 Å².